The van der Waals surface area contributed by atoms with Crippen molar-refractivity contribution in [3.63, 3.8) is 0 Å². The molecule has 3 rings (SSSR count). The summed E-state index contributed by atoms with van der Waals surface area (Å²) >= 11 is 0. The van der Waals surface area contributed by atoms with Gasteiger partial charge in [0.1, 0.15) is 0 Å². The van der Waals surface area contributed by atoms with Gasteiger partial charge in [-0.2, -0.15) is 0 Å². The fraction of sp³-hybridized carbons (Fsp3) is 0.231. The predicted octanol–water partition coefficient (Wildman–Crippen LogP) is 4.52. The molecule has 34 heavy (non-hydrogen) atoms. The van der Waals surface area contributed by atoms with Crippen LogP contribution in [0.2, 0.25) is 0 Å². The molecule has 2 atom stereocenters. The van der Waals surface area contributed by atoms with Gasteiger partial charge in [-0.25, -0.2) is 0 Å². The first kappa shape index (κ1) is 24.4. The molecule has 2 N–H and O–H groups in total. The van der Waals surface area contributed by atoms with E-state index >= 15 is 0 Å². The molecule has 0 spiro atoms. The number of nitrogens with one attached hydrogen (secondary N) is 2. The first-order valence-corrected chi connectivity index (χ1v) is 10.7. The lowest BCUT2D eigenvalue weighted by molar-refractivity contribution is -0.122. The van der Waals surface area contributed by atoms with Gasteiger partial charge in [0.05, 0.1) is 14.2 Å². The second-order valence-electron chi connectivity index (χ2n) is 7.38. The molecule has 8 heteroatoms. The summed E-state index contributed by atoms with van der Waals surface area (Å²) in [5, 5.41) is 5.58. The molecule has 2 amide bonds. The van der Waals surface area contributed by atoms with E-state index in [1.807, 2.05) is 12.1 Å². The highest BCUT2D eigenvalue weighted by Gasteiger charge is 2.18. The number of para-hydroxylation sites is 4. The third kappa shape index (κ3) is 6.41. The number of carbonyl (C=O) groups excluding carboxylic acids is 2. The van der Waals surface area contributed by atoms with E-state index in [2.05, 4.69) is 10.6 Å². The van der Waals surface area contributed by atoms with E-state index in [0.717, 1.165) is 0 Å². The first-order chi connectivity index (χ1) is 16.4. The topological polar surface area (TPSA) is 95.1 Å². The molecule has 0 radical (unpaired) electrons. The molecule has 0 aliphatic heterocycles. The van der Waals surface area contributed by atoms with Gasteiger partial charge in [-0.15, -0.1) is 0 Å². The van der Waals surface area contributed by atoms with Crippen molar-refractivity contribution in [3.8, 4) is 23.0 Å². The lowest BCUT2D eigenvalue weighted by atomic mass is 10.2. The second-order valence-corrected chi connectivity index (χ2v) is 7.38. The summed E-state index contributed by atoms with van der Waals surface area (Å²) in [7, 11) is 3.08. The van der Waals surface area contributed by atoms with E-state index in [-0.39, 0.29) is 11.8 Å². The normalized spacial score (nSPS) is 12.1. The number of hydrogen-bond donors (Lipinski definition) is 2. The zero-order valence-corrected chi connectivity index (χ0v) is 19.5. The molecule has 0 saturated heterocycles. The van der Waals surface area contributed by atoms with Crippen LogP contribution >= 0.6 is 0 Å². The monoisotopic (exact) mass is 464 g/mol. The van der Waals surface area contributed by atoms with Crippen molar-refractivity contribution in [3.05, 3.63) is 72.8 Å². The average Bonchev–Trinajstić information content (AvgIpc) is 2.85. The molecular formula is C26H28N2O6. The van der Waals surface area contributed by atoms with Crippen LogP contribution in [0, 0.1) is 0 Å². The van der Waals surface area contributed by atoms with Gasteiger partial charge in [-0.3, -0.25) is 9.59 Å². The minimum Gasteiger partial charge on any atom is -0.493 e. The number of hydrogen-bond acceptors (Lipinski definition) is 6. The molecule has 0 fully saturated rings. The van der Waals surface area contributed by atoms with Gasteiger partial charge in [-0.1, -0.05) is 24.3 Å². The Kier molecular flexibility index (Phi) is 8.34. The van der Waals surface area contributed by atoms with Crippen LogP contribution in [0.1, 0.15) is 13.8 Å². The number of carbonyl (C=O) groups is 2. The van der Waals surface area contributed by atoms with Crippen molar-refractivity contribution in [2.75, 3.05) is 24.9 Å². The molecule has 0 heterocycles. The minimum atomic E-state index is -0.747. The molecule has 0 aliphatic rings. The SMILES string of the molecule is COc1ccccc1O[C@@H](C)C(=O)Nc1ccc(NC(=O)[C@@H](C)Oc2ccccc2OC)cc1. The summed E-state index contributed by atoms with van der Waals surface area (Å²) in [4.78, 5) is 25.0. The largest absolute Gasteiger partial charge is 0.493 e. The third-order valence-electron chi connectivity index (χ3n) is 4.90. The van der Waals surface area contributed by atoms with Crippen LogP contribution in [0.25, 0.3) is 0 Å². The van der Waals surface area contributed by atoms with Crippen LogP contribution in [0.3, 0.4) is 0 Å². The number of benzene rings is 3. The Morgan fingerprint density at radius 1 is 0.588 bits per heavy atom. The molecule has 0 unspecified atom stereocenters. The van der Waals surface area contributed by atoms with Crippen molar-refractivity contribution in [1.29, 1.82) is 0 Å². The van der Waals surface area contributed by atoms with Gasteiger partial charge >= 0.3 is 0 Å². The molecule has 178 valence electrons. The number of ether oxygens (including phenoxy) is 4. The maximum absolute atomic E-state index is 12.5. The predicted molar refractivity (Wildman–Crippen MR) is 130 cm³/mol. The standard InChI is InChI=1S/C26H28N2O6/c1-17(33-23-11-7-5-9-21(23)31-3)25(29)27-19-13-15-20(16-14-19)28-26(30)18(2)34-24-12-8-6-10-22(24)32-4/h5-18H,1-4H3,(H,27,29)(H,28,30)/t17-,18+. The molecule has 0 bridgehead atoms. The number of anilines is 2. The number of methoxy groups -OCH3 is 2. The lowest BCUT2D eigenvalue weighted by Crippen LogP contribution is -2.30. The second kappa shape index (κ2) is 11.6. The highest BCUT2D eigenvalue weighted by Crippen LogP contribution is 2.28. The van der Waals surface area contributed by atoms with Gasteiger partial charge in [0, 0.05) is 11.4 Å². The van der Waals surface area contributed by atoms with E-state index in [9.17, 15) is 9.59 Å². The first-order valence-electron chi connectivity index (χ1n) is 10.7. The van der Waals surface area contributed by atoms with Crippen molar-refractivity contribution < 1.29 is 28.5 Å². The van der Waals surface area contributed by atoms with Crippen molar-refractivity contribution in [2.24, 2.45) is 0 Å². The molecule has 3 aromatic rings. The molecule has 3 aromatic carbocycles. The van der Waals surface area contributed by atoms with Crippen LogP contribution in [0.4, 0.5) is 11.4 Å². The number of amides is 2. The lowest BCUT2D eigenvalue weighted by Gasteiger charge is -2.17. The van der Waals surface area contributed by atoms with Gasteiger partial charge in [0.2, 0.25) is 0 Å². The molecule has 8 nitrogen and oxygen atoms in total. The smallest absolute Gasteiger partial charge is 0.265 e. The van der Waals surface area contributed by atoms with E-state index < -0.39 is 12.2 Å². The zero-order chi connectivity index (χ0) is 24.5. The minimum absolute atomic E-state index is 0.318. The Bertz CT molecular complexity index is 1030. The highest BCUT2D eigenvalue weighted by atomic mass is 16.5. The Balaban J connectivity index is 1.54. The van der Waals surface area contributed by atoms with E-state index in [4.69, 9.17) is 18.9 Å². The van der Waals surface area contributed by atoms with Crippen molar-refractivity contribution in [1.82, 2.24) is 0 Å². The molecule has 0 aliphatic carbocycles. The summed E-state index contributed by atoms with van der Waals surface area (Å²) in [5.41, 5.74) is 1.13. The fourth-order valence-corrected chi connectivity index (χ4v) is 3.04. The van der Waals surface area contributed by atoms with Crippen LogP contribution in [-0.2, 0) is 9.59 Å². The number of rotatable bonds is 10. The van der Waals surface area contributed by atoms with E-state index in [1.54, 1.807) is 88.7 Å². The maximum Gasteiger partial charge on any atom is 0.265 e. The Morgan fingerprint density at radius 3 is 1.24 bits per heavy atom. The molecule has 0 saturated carbocycles. The van der Waals surface area contributed by atoms with Crippen molar-refractivity contribution >= 4 is 23.2 Å². The van der Waals surface area contributed by atoms with Crippen LogP contribution < -0.4 is 29.6 Å². The summed E-state index contributed by atoms with van der Waals surface area (Å²) in [6.45, 7) is 3.30. The maximum atomic E-state index is 12.5. The van der Waals surface area contributed by atoms with Gasteiger partial charge in [0.15, 0.2) is 35.2 Å². The van der Waals surface area contributed by atoms with Gasteiger partial charge in [0.25, 0.3) is 11.8 Å². The molecular weight excluding hydrogens is 436 g/mol. The van der Waals surface area contributed by atoms with E-state index in [1.165, 1.54) is 0 Å². The summed E-state index contributed by atoms with van der Waals surface area (Å²) in [5.74, 6) is 1.42. The van der Waals surface area contributed by atoms with Crippen LogP contribution in [0.5, 0.6) is 23.0 Å². The summed E-state index contributed by atoms with van der Waals surface area (Å²) < 4.78 is 21.9. The summed E-state index contributed by atoms with van der Waals surface area (Å²) in [6, 6.07) is 21.0. The van der Waals surface area contributed by atoms with Crippen molar-refractivity contribution in [2.45, 2.75) is 26.1 Å². The quantitative estimate of drug-likeness (QED) is 0.458. The Hall–Kier alpha value is -4.20. The molecule has 0 aromatic heterocycles. The third-order valence-corrected chi connectivity index (χ3v) is 4.90. The highest BCUT2D eigenvalue weighted by molar-refractivity contribution is 5.96. The Morgan fingerprint density at radius 2 is 0.912 bits per heavy atom. The van der Waals surface area contributed by atoms with Gasteiger partial charge in [-0.05, 0) is 62.4 Å². The average molecular weight is 465 g/mol. The van der Waals surface area contributed by atoms with Crippen LogP contribution in [-0.4, -0.2) is 38.2 Å². The Labute approximate surface area is 198 Å². The van der Waals surface area contributed by atoms with E-state index in [0.29, 0.717) is 34.4 Å². The fourth-order valence-electron chi connectivity index (χ4n) is 3.04. The zero-order valence-electron chi connectivity index (χ0n) is 19.5. The van der Waals surface area contributed by atoms with Gasteiger partial charge < -0.3 is 29.6 Å². The summed E-state index contributed by atoms with van der Waals surface area (Å²) in [6.07, 6.45) is -1.49. The van der Waals surface area contributed by atoms with Crippen LogP contribution in [0.15, 0.2) is 72.8 Å².